The highest BCUT2D eigenvalue weighted by molar-refractivity contribution is 7.89. The van der Waals surface area contributed by atoms with Gasteiger partial charge in [0.25, 0.3) is 5.91 Å². The summed E-state index contributed by atoms with van der Waals surface area (Å²) in [5.74, 6) is -1.75. The van der Waals surface area contributed by atoms with E-state index in [1.165, 1.54) is 49.1 Å². The van der Waals surface area contributed by atoms with Crippen molar-refractivity contribution >= 4 is 15.9 Å². The molecular formula is C24H27F3N2O4S. The van der Waals surface area contributed by atoms with Crippen LogP contribution in [0.15, 0.2) is 42.5 Å². The molecule has 34 heavy (non-hydrogen) atoms. The number of carbonyl (C=O) groups is 1. The number of likely N-dealkylation sites (tertiary alicyclic amines) is 1. The predicted octanol–water partition coefficient (Wildman–Crippen LogP) is 3.15. The number of alkyl halides is 1. The van der Waals surface area contributed by atoms with Crippen LogP contribution in [0.2, 0.25) is 0 Å². The van der Waals surface area contributed by atoms with Crippen LogP contribution < -0.4 is 4.72 Å². The van der Waals surface area contributed by atoms with Gasteiger partial charge in [0.2, 0.25) is 16.0 Å². The Morgan fingerprint density at radius 2 is 1.88 bits per heavy atom. The van der Waals surface area contributed by atoms with Gasteiger partial charge in [-0.2, -0.15) is 0 Å². The fourth-order valence-electron chi connectivity index (χ4n) is 4.84. The largest absolute Gasteiger partial charge is 0.381 e. The van der Waals surface area contributed by atoms with Gasteiger partial charge in [-0.1, -0.05) is 30.3 Å². The molecule has 6 nitrogen and oxygen atoms in total. The molecule has 1 heterocycles. The highest BCUT2D eigenvalue weighted by atomic mass is 32.2. The summed E-state index contributed by atoms with van der Waals surface area (Å²) in [5.41, 5.74) is -1.63. The Morgan fingerprint density at radius 3 is 2.47 bits per heavy atom. The van der Waals surface area contributed by atoms with E-state index in [4.69, 9.17) is 0 Å². The molecule has 0 unspecified atom stereocenters. The number of sulfonamides is 1. The Balaban J connectivity index is 1.74. The minimum atomic E-state index is -4.26. The van der Waals surface area contributed by atoms with Crippen LogP contribution in [0.1, 0.15) is 32.3 Å². The monoisotopic (exact) mass is 496 g/mol. The highest BCUT2D eigenvalue weighted by Crippen LogP contribution is 2.56. The number of carbonyl (C=O) groups excluding carboxylic acids is 1. The zero-order chi connectivity index (χ0) is 24.9. The van der Waals surface area contributed by atoms with Crippen LogP contribution in [-0.2, 0) is 21.2 Å². The molecule has 1 amide bonds. The molecule has 2 aromatic carbocycles. The second-order valence-electron chi connectivity index (χ2n) is 9.73. The predicted molar refractivity (Wildman–Crippen MR) is 121 cm³/mol. The molecule has 2 atom stereocenters. The third-order valence-electron chi connectivity index (χ3n) is 6.70. The molecule has 2 fully saturated rings. The lowest BCUT2D eigenvalue weighted by molar-refractivity contribution is -0.149. The number of benzene rings is 2. The van der Waals surface area contributed by atoms with Crippen molar-refractivity contribution in [3.63, 3.8) is 0 Å². The third kappa shape index (κ3) is 4.71. The summed E-state index contributed by atoms with van der Waals surface area (Å²) in [4.78, 5) is 14.4. The lowest BCUT2D eigenvalue weighted by atomic mass is 9.91. The van der Waals surface area contributed by atoms with Crippen LogP contribution in [0.5, 0.6) is 0 Å². The van der Waals surface area contributed by atoms with Crippen molar-refractivity contribution in [1.82, 2.24) is 9.62 Å². The van der Waals surface area contributed by atoms with Gasteiger partial charge < -0.3 is 10.0 Å². The summed E-state index contributed by atoms with van der Waals surface area (Å²) >= 11 is 0. The maximum Gasteiger partial charge on any atom is 0.254 e. The number of amides is 1. The second kappa shape index (κ2) is 8.66. The van der Waals surface area contributed by atoms with Crippen molar-refractivity contribution in [2.75, 3.05) is 12.6 Å². The number of halogens is 3. The zero-order valence-electron chi connectivity index (χ0n) is 18.9. The lowest BCUT2D eigenvalue weighted by Gasteiger charge is -2.32. The normalized spacial score (nSPS) is 21.8. The van der Waals surface area contributed by atoms with Crippen molar-refractivity contribution < 1.29 is 31.5 Å². The van der Waals surface area contributed by atoms with Gasteiger partial charge in [0, 0.05) is 23.6 Å². The summed E-state index contributed by atoms with van der Waals surface area (Å²) in [6, 6.07) is 6.82. The minimum Gasteiger partial charge on any atom is -0.381 e. The first-order chi connectivity index (χ1) is 15.9. The van der Waals surface area contributed by atoms with Gasteiger partial charge in [0.15, 0.2) is 0 Å². The average molecular weight is 497 g/mol. The van der Waals surface area contributed by atoms with E-state index in [1.807, 2.05) is 0 Å². The zero-order valence-corrected chi connectivity index (χ0v) is 19.7. The number of nitrogens with one attached hydrogen (secondary N) is 1. The maximum atomic E-state index is 15.6. The highest BCUT2D eigenvalue weighted by Gasteiger charge is 2.62. The lowest BCUT2D eigenvalue weighted by Crippen LogP contribution is -2.53. The van der Waals surface area contributed by atoms with Gasteiger partial charge in [-0.3, -0.25) is 4.79 Å². The van der Waals surface area contributed by atoms with Crippen molar-refractivity contribution in [1.29, 1.82) is 0 Å². The molecule has 0 bridgehead atoms. The topological polar surface area (TPSA) is 86.7 Å². The van der Waals surface area contributed by atoms with Gasteiger partial charge in [-0.25, -0.2) is 26.3 Å². The Kier molecular flexibility index (Phi) is 6.28. The molecule has 4 rings (SSSR count). The smallest absolute Gasteiger partial charge is 0.254 e. The number of hydrogen-bond donors (Lipinski definition) is 2. The van der Waals surface area contributed by atoms with Crippen molar-refractivity contribution in [2.45, 2.75) is 50.8 Å². The van der Waals surface area contributed by atoms with Gasteiger partial charge in [0.05, 0.1) is 6.04 Å². The fraction of sp³-hybridized carbons (Fsp3) is 0.458. The van der Waals surface area contributed by atoms with Crippen LogP contribution >= 0.6 is 0 Å². The quantitative estimate of drug-likeness (QED) is 0.617. The average Bonchev–Trinajstić information content (AvgIpc) is 3.49. The first-order valence-electron chi connectivity index (χ1n) is 11.0. The molecule has 1 spiro atoms. The minimum absolute atomic E-state index is 0.0714. The molecule has 1 saturated heterocycles. The summed E-state index contributed by atoms with van der Waals surface area (Å²) in [6.07, 6.45) is 1.16. The molecule has 0 radical (unpaired) electrons. The van der Waals surface area contributed by atoms with E-state index in [0.717, 1.165) is 0 Å². The van der Waals surface area contributed by atoms with E-state index in [2.05, 4.69) is 4.72 Å². The van der Waals surface area contributed by atoms with Gasteiger partial charge >= 0.3 is 0 Å². The molecule has 1 aliphatic heterocycles. The third-order valence-corrected chi connectivity index (χ3v) is 7.60. The molecular weight excluding hydrogens is 469 g/mol. The van der Waals surface area contributed by atoms with E-state index in [-0.39, 0.29) is 24.1 Å². The number of hydrogen-bond acceptors (Lipinski definition) is 4. The first-order valence-corrected chi connectivity index (χ1v) is 12.6. The fourth-order valence-corrected chi connectivity index (χ4v) is 5.70. The van der Waals surface area contributed by atoms with Gasteiger partial charge in [0.1, 0.15) is 17.2 Å². The Labute approximate surface area is 196 Å². The maximum absolute atomic E-state index is 15.6. The van der Waals surface area contributed by atoms with Gasteiger partial charge in [-0.05, 0) is 56.4 Å². The van der Waals surface area contributed by atoms with Crippen LogP contribution in [0.4, 0.5) is 13.2 Å². The van der Waals surface area contributed by atoms with E-state index in [1.54, 1.807) is 12.1 Å². The van der Waals surface area contributed by atoms with Crippen molar-refractivity contribution in [2.24, 2.45) is 5.41 Å². The van der Waals surface area contributed by atoms with E-state index in [0.29, 0.717) is 18.4 Å². The summed E-state index contributed by atoms with van der Waals surface area (Å²) in [6.45, 7) is 2.83. The summed E-state index contributed by atoms with van der Waals surface area (Å²) in [7, 11) is -4.26. The Morgan fingerprint density at radius 1 is 1.21 bits per heavy atom. The SMILES string of the molecule is CC(C)(O)C(=O)N1CC2(CC2)[C@H](NS(=O)(=O)CF)[C@@H]1Cc1cccc(-c2cccc(F)c2)c1F. The van der Waals surface area contributed by atoms with E-state index in [9.17, 15) is 27.1 Å². The molecule has 2 aliphatic rings. The van der Waals surface area contributed by atoms with E-state index >= 15 is 4.39 Å². The molecule has 184 valence electrons. The van der Waals surface area contributed by atoms with Crippen LogP contribution in [-0.4, -0.2) is 54.6 Å². The van der Waals surface area contributed by atoms with Crippen molar-refractivity contribution in [3.8, 4) is 11.1 Å². The van der Waals surface area contributed by atoms with Crippen LogP contribution in [0, 0.1) is 17.0 Å². The van der Waals surface area contributed by atoms with Gasteiger partial charge in [-0.15, -0.1) is 0 Å². The molecule has 2 aromatic rings. The number of nitrogens with zero attached hydrogens (tertiary/aromatic N) is 1. The van der Waals surface area contributed by atoms with Crippen LogP contribution in [0.3, 0.4) is 0 Å². The Hall–Kier alpha value is -2.43. The van der Waals surface area contributed by atoms with Crippen molar-refractivity contribution in [3.05, 3.63) is 59.7 Å². The molecule has 1 aliphatic carbocycles. The van der Waals surface area contributed by atoms with Crippen LogP contribution in [0.25, 0.3) is 11.1 Å². The summed E-state index contributed by atoms with van der Waals surface area (Å²) in [5, 5.41) is 10.4. The summed E-state index contributed by atoms with van der Waals surface area (Å²) < 4.78 is 69.1. The first kappa shape index (κ1) is 24.7. The standard InChI is InChI=1S/C24H27F3N2O4S/c1-23(2,31)22(30)29-13-24(9-10-24)21(28-34(32,33)14-25)19(29)12-16-6-4-8-18(20(16)27)15-5-3-7-17(26)11-15/h3-8,11,19,21,28,31H,9-10,12-14H2,1-2H3/t19-,21+/m0/s1. The number of rotatable bonds is 7. The molecule has 0 aromatic heterocycles. The Bertz CT molecular complexity index is 1210. The van der Waals surface area contributed by atoms with E-state index < -0.39 is 56.7 Å². The number of aliphatic hydroxyl groups is 1. The molecule has 1 saturated carbocycles. The molecule has 2 N–H and O–H groups in total. The second-order valence-corrected chi connectivity index (χ2v) is 11.4. The molecule has 10 heteroatoms.